The lowest BCUT2D eigenvalue weighted by Gasteiger charge is -2.27. The highest BCUT2D eigenvalue weighted by Crippen LogP contribution is 2.43. The van der Waals surface area contributed by atoms with E-state index < -0.39 is 0 Å². The molecule has 0 atom stereocenters. The third-order valence-corrected chi connectivity index (χ3v) is 6.51. The van der Waals surface area contributed by atoms with Crippen LogP contribution < -0.4 is 9.64 Å². The highest BCUT2D eigenvalue weighted by atomic mass is 79.9. The molecule has 0 spiro atoms. The minimum absolute atomic E-state index is 0.546. The Labute approximate surface area is 200 Å². The highest BCUT2D eigenvalue weighted by molar-refractivity contribution is 9.10. The van der Waals surface area contributed by atoms with Crippen molar-refractivity contribution in [3.63, 3.8) is 0 Å². The molecule has 0 unspecified atom stereocenters. The average molecular weight is 501 g/mol. The summed E-state index contributed by atoms with van der Waals surface area (Å²) < 4.78 is 7.07. The lowest BCUT2D eigenvalue weighted by Crippen LogP contribution is -2.10. The van der Waals surface area contributed by atoms with E-state index in [9.17, 15) is 0 Å². The maximum absolute atomic E-state index is 6.47. The number of nitrogens with zero attached hydrogens (tertiary/aromatic N) is 1. The second-order valence-corrected chi connectivity index (χ2v) is 8.56. The van der Waals surface area contributed by atoms with Gasteiger partial charge >= 0.3 is 0 Å². The summed E-state index contributed by atoms with van der Waals surface area (Å²) in [6.45, 7) is 0. The van der Waals surface area contributed by atoms with Crippen molar-refractivity contribution in [1.29, 1.82) is 0 Å². The van der Waals surface area contributed by atoms with Crippen LogP contribution in [0.3, 0.4) is 0 Å². The Hall–Kier alpha value is -3.27. The summed E-state index contributed by atoms with van der Waals surface area (Å²) in [4.78, 5) is 2.25. The van der Waals surface area contributed by atoms with Crippen LogP contribution in [0.5, 0.6) is 11.5 Å². The summed E-state index contributed by atoms with van der Waals surface area (Å²) in [7, 11) is 0. The van der Waals surface area contributed by atoms with Gasteiger partial charge in [0.05, 0.1) is 10.7 Å². The second kappa shape index (κ2) is 9.07. The number of hydrogen-bond donors (Lipinski definition) is 0. The molecule has 0 amide bonds. The SMILES string of the molecule is Clc1c(Br)cccc1Oc1cc(N(c2ccccc2)c2ccccc2)c2ccccc2c1. The maximum Gasteiger partial charge on any atom is 0.147 e. The van der Waals surface area contributed by atoms with Crippen molar-refractivity contribution in [3.8, 4) is 11.5 Å². The second-order valence-electron chi connectivity index (χ2n) is 7.32. The zero-order valence-electron chi connectivity index (χ0n) is 17.1. The van der Waals surface area contributed by atoms with Gasteiger partial charge in [0.1, 0.15) is 11.5 Å². The van der Waals surface area contributed by atoms with E-state index in [2.05, 4.69) is 93.6 Å². The Balaban J connectivity index is 1.72. The van der Waals surface area contributed by atoms with Gasteiger partial charge in [0.25, 0.3) is 0 Å². The number of hydrogen-bond acceptors (Lipinski definition) is 2. The van der Waals surface area contributed by atoms with Crippen LogP contribution in [0.15, 0.2) is 120 Å². The topological polar surface area (TPSA) is 12.5 Å². The van der Waals surface area contributed by atoms with Crippen molar-refractivity contribution in [2.45, 2.75) is 0 Å². The molecule has 4 heteroatoms. The Morgan fingerprint density at radius 2 is 1.28 bits per heavy atom. The molecule has 0 radical (unpaired) electrons. The van der Waals surface area contributed by atoms with E-state index in [0.717, 1.165) is 38.1 Å². The van der Waals surface area contributed by atoms with Gasteiger partial charge in [-0.1, -0.05) is 78.3 Å². The zero-order valence-corrected chi connectivity index (χ0v) is 19.4. The summed E-state index contributed by atoms with van der Waals surface area (Å²) in [6.07, 6.45) is 0. The minimum atomic E-state index is 0.546. The molecule has 0 fully saturated rings. The Bertz CT molecular complexity index is 1330. The molecule has 32 heavy (non-hydrogen) atoms. The average Bonchev–Trinajstić information content (AvgIpc) is 2.84. The summed E-state index contributed by atoms with van der Waals surface area (Å²) in [5.74, 6) is 1.32. The molecule has 5 rings (SSSR count). The molecule has 5 aromatic rings. The fraction of sp³-hybridized carbons (Fsp3) is 0. The van der Waals surface area contributed by atoms with Crippen LogP contribution in [0.1, 0.15) is 0 Å². The first-order valence-electron chi connectivity index (χ1n) is 10.3. The number of ether oxygens (including phenoxy) is 1. The van der Waals surface area contributed by atoms with Gasteiger partial charge < -0.3 is 9.64 Å². The first kappa shape index (κ1) is 20.6. The fourth-order valence-corrected chi connectivity index (χ4v) is 4.29. The van der Waals surface area contributed by atoms with Crippen molar-refractivity contribution < 1.29 is 4.74 Å². The molecule has 0 saturated carbocycles. The van der Waals surface area contributed by atoms with E-state index in [1.807, 2.05) is 42.5 Å². The number of benzene rings is 5. The molecule has 2 nitrogen and oxygen atoms in total. The van der Waals surface area contributed by atoms with E-state index in [1.54, 1.807) is 0 Å². The third kappa shape index (κ3) is 4.10. The summed E-state index contributed by atoms with van der Waals surface area (Å²) in [5, 5.41) is 2.76. The van der Waals surface area contributed by atoms with Crippen LogP contribution >= 0.6 is 27.5 Å². The first-order valence-corrected chi connectivity index (χ1v) is 11.4. The van der Waals surface area contributed by atoms with Crippen LogP contribution in [0, 0.1) is 0 Å². The molecule has 0 aliphatic carbocycles. The highest BCUT2D eigenvalue weighted by Gasteiger charge is 2.17. The molecule has 0 aromatic heterocycles. The predicted octanol–water partition coefficient (Wildman–Crippen LogP) is 9.52. The van der Waals surface area contributed by atoms with Crippen LogP contribution in [-0.2, 0) is 0 Å². The van der Waals surface area contributed by atoms with Gasteiger partial charge in [-0.05, 0) is 63.8 Å². The normalized spacial score (nSPS) is 10.8. The molecule has 0 N–H and O–H groups in total. The van der Waals surface area contributed by atoms with E-state index in [4.69, 9.17) is 16.3 Å². The number of para-hydroxylation sites is 2. The van der Waals surface area contributed by atoms with Gasteiger partial charge in [0.15, 0.2) is 0 Å². The fourth-order valence-electron chi connectivity index (χ4n) is 3.78. The number of rotatable bonds is 5. The maximum atomic E-state index is 6.47. The molecule has 156 valence electrons. The van der Waals surface area contributed by atoms with Crippen molar-refractivity contribution in [2.75, 3.05) is 4.90 Å². The molecule has 0 aliphatic rings. The van der Waals surface area contributed by atoms with E-state index >= 15 is 0 Å². The van der Waals surface area contributed by atoms with Gasteiger partial charge in [-0.15, -0.1) is 0 Å². The molecule has 0 saturated heterocycles. The smallest absolute Gasteiger partial charge is 0.147 e. The number of halogens is 2. The zero-order chi connectivity index (χ0) is 21.9. The molecule has 5 aromatic carbocycles. The number of anilines is 3. The lowest BCUT2D eigenvalue weighted by molar-refractivity contribution is 0.483. The van der Waals surface area contributed by atoms with Gasteiger partial charge in [0, 0.05) is 27.3 Å². The van der Waals surface area contributed by atoms with Crippen LogP contribution in [-0.4, -0.2) is 0 Å². The van der Waals surface area contributed by atoms with Crippen molar-refractivity contribution >= 4 is 55.4 Å². The molecule has 0 heterocycles. The Morgan fingerprint density at radius 3 is 1.97 bits per heavy atom. The predicted molar refractivity (Wildman–Crippen MR) is 138 cm³/mol. The van der Waals surface area contributed by atoms with Gasteiger partial charge in [-0.3, -0.25) is 0 Å². The lowest BCUT2D eigenvalue weighted by atomic mass is 10.1. The minimum Gasteiger partial charge on any atom is -0.456 e. The standard InChI is InChI=1S/C28H19BrClNO/c29-25-16-9-17-27(28(25)30)32-23-18-20-10-7-8-15-24(20)26(19-23)31(21-11-3-1-4-12-21)22-13-5-2-6-14-22/h1-19H. The van der Waals surface area contributed by atoms with Gasteiger partial charge in [-0.2, -0.15) is 0 Å². The van der Waals surface area contributed by atoms with Gasteiger partial charge in [-0.25, -0.2) is 0 Å². The van der Waals surface area contributed by atoms with E-state index in [-0.39, 0.29) is 0 Å². The van der Waals surface area contributed by atoms with Crippen molar-refractivity contribution in [3.05, 3.63) is 125 Å². The van der Waals surface area contributed by atoms with E-state index in [0.29, 0.717) is 10.8 Å². The van der Waals surface area contributed by atoms with Crippen molar-refractivity contribution in [1.82, 2.24) is 0 Å². The summed E-state index contributed by atoms with van der Waals surface area (Å²) >= 11 is 9.95. The van der Waals surface area contributed by atoms with Crippen LogP contribution in [0.2, 0.25) is 5.02 Å². The first-order chi connectivity index (χ1) is 15.7. The monoisotopic (exact) mass is 499 g/mol. The molecule has 0 bridgehead atoms. The van der Waals surface area contributed by atoms with E-state index in [1.165, 1.54) is 0 Å². The largest absolute Gasteiger partial charge is 0.456 e. The Kier molecular flexibility index (Phi) is 5.85. The third-order valence-electron chi connectivity index (χ3n) is 5.23. The number of fused-ring (bicyclic) bond motifs is 1. The van der Waals surface area contributed by atoms with Crippen LogP contribution in [0.25, 0.3) is 10.8 Å². The summed E-state index contributed by atoms with van der Waals surface area (Å²) in [5.41, 5.74) is 3.17. The van der Waals surface area contributed by atoms with Crippen molar-refractivity contribution in [2.24, 2.45) is 0 Å². The summed E-state index contributed by atoms with van der Waals surface area (Å²) in [6, 6.07) is 38.8. The van der Waals surface area contributed by atoms with Crippen LogP contribution in [0.4, 0.5) is 17.1 Å². The quantitative estimate of drug-likeness (QED) is 0.238. The Morgan fingerprint density at radius 1 is 0.656 bits per heavy atom. The molecular formula is C28H19BrClNO. The van der Waals surface area contributed by atoms with Gasteiger partial charge in [0.2, 0.25) is 0 Å². The molecule has 0 aliphatic heterocycles. The molecular weight excluding hydrogens is 482 g/mol.